The minimum Gasteiger partial charge on any atom is -0.508 e. The van der Waals surface area contributed by atoms with Gasteiger partial charge in [-0.1, -0.05) is 24.3 Å². The Morgan fingerprint density at radius 1 is 1.34 bits per heavy atom. The Hall–Kier alpha value is -3.53. The molecule has 10 heteroatoms. The van der Waals surface area contributed by atoms with Gasteiger partial charge in [0.25, 0.3) is 0 Å². The first kappa shape index (κ1) is 18.8. The highest BCUT2D eigenvalue weighted by Gasteiger charge is 2.39. The normalized spacial score (nSPS) is 16.1. The standard InChI is InChI=1S/C19H17N5O4S/c1-2-22-11-15(24(27)28)18(21-22)19(26)23-14(12-6-3-4-7-16(12)25)10-13(20-23)17-8-5-9-29-17/h3-9,11,14,25H,2,10H2,1H3. The van der Waals surface area contributed by atoms with Crippen LogP contribution >= 0.6 is 11.3 Å². The lowest BCUT2D eigenvalue weighted by molar-refractivity contribution is -0.385. The summed E-state index contributed by atoms with van der Waals surface area (Å²) in [5.74, 6) is -0.643. The Labute approximate surface area is 169 Å². The summed E-state index contributed by atoms with van der Waals surface area (Å²) in [4.78, 5) is 25.0. The number of phenolic OH excluding ortho intramolecular Hbond substituents is 1. The Balaban J connectivity index is 1.79. The van der Waals surface area contributed by atoms with E-state index in [1.165, 1.54) is 33.3 Å². The summed E-state index contributed by atoms with van der Waals surface area (Å²) in [6.45, 7) is 2.17. The molecule has 3 heterocycles. The second-order valence-corrected chi connectivity index (χ2v) is 7.38. The number of hydrogen-bond acceptors (Lipinski definition) is 7. The van der Waals surface area contributed by atoms with Crippen LogP contribution in [0.1, 0.15) is 40.3 Å². The zero-order valence-corrected chi connectivity index (χ0v) is 16.2. The number of hydrogen-bond donors (Lipinski definition) is 1. The van der Waals surface area contributed by atoms with Crippen LogP contribution in [0, 0.1) is 10.1 Å². The van der Waals surface area contributed by atoms with Crippen molar-refractivity contribution in [3.63, 3.8) is 0 Å². The second kappa shape index (κ2) is 7.47. The average Bonchev–Trinajstić information content (AvgIpc) is 3.46. The molecule has 1 N–H and O–H groups in total. The van der Waals surface area contributed by atoms with Gasteiger partial charge in [-0.25, -0.2) is 5.01 Å². The third-order valence-corrected chi connectivity index (χ3v) is 5.60. The van der Waals surface area contributed by atoms with Crippen molar-refractivity contribution < 1.29 is 14.8 Å². The lowest BCUT2D eigenvalue weighted by Gasteiger charge is -2.21. The largest absolute Gasteiger partial charge is 0.508 e. The second-order valence-electron chi connectivity index (χ2n) is 6.43. The molecule has 0 bridgehead atoms. The molecule has 4 rings (SSSR count). The number of benzene rings is 1. The van der Waals surface area contributed by atoms with E-state index in [0.29, 0.717) is 24.2 Å². The van der Waals surface area contributed by atoms with Crippen LogP contribution in [0.5, 0.6) is 5.75 Å². The summed E-state index contributed by atoms with van der Waals surface area (Å²) in [7, 11) is 0. The third kappa shape index (κ3) is 3.38. The van der Waals surface area contributed by atoms with Gasteiger partial charge in [-0.15, -0.1) is 11.3 Å². The Kier molecular flexibility index (Phi) is 4.85. The Morgan fingerprint density at radius 2 is 2.14 bits per heavy atom. The maximum atomic E-state index is 13.3. The van der Waals surface area contributed by atoms with Crippen LogP contribution in [0.4, 0.5) is 5.69 Å². The molecule has 29 heavy (non-hydrogen) atoms. The van der Waals surface area contributed by atoms with Crippen molar-refractivity contribution in [2.75, 3.05) is 0 Å². The molecule has 1 unspecified atom stereocenters. The molecule has 0 spiro atoms. The number of aromatic hydroxyl groups is 1. The van der Waals surface area contributed by atoms with Crippen LogP contribution in [-0.4, -0.2) is 36.4 Å². The molecule has 1 aromatic carbocycles. The highest BCUT2D eigenvalue weighted by Crippen LogP contribution is 2.38. The summed E-state index contributed by atoms with van der Waals surface area (Å²) < 4.78 is 1.35. The fraction of sp³-hybridized carbons (Fsp3) is 0.211. The fourth-order valence-corrected chi connectivity index (χ4v) is 3.99. The van der Waals surface area contributed by atoms with Gasteiger partial charge >= 0.3 is 11.6 Å². The number of rotatable bonds is 5. The minimum absolute atomic E-state index is 0.0338. The van der Waals surface area contributed by atoms with Crippen LogP contribution in [0.25, 0.3) is 0 Å². The number of phenols is 1. The summed E-state index contributed by atoms with van der Waals surface area (Å²) in [5.41, 5.74) is 0.564. The molecule has 1 aliphatic rings. The van der Waals surface area contributed by atoms with E-state index in [9.17, 15) is 20.0 Å². The van der Waals surface area contributed by atoms with Crippen molar-refractivity contribution in [1.82, 2.24) is 14.8 Å². The van der Waals surface area contributed by atoms with Crippen LogP contribution in [0.3, 0.4) is 0 Å². The molecule has 148 valence electrons. The number of amides is 1. The minimum atomic E-state index is -0.677. The lowest BCUT2D eigenvalue weighted by atomic mass is 10.00. The van der Waals surface area contributed by atoms with Crippen LogP contribution in [0.15, 0.2) is 53.1 Å². The maximum Gasteiger partial charge on any atom is 0.320 e. The molecular weight excluding hydrogens is 394 g/mol. The van der Waals surface area contributed by atoms with Gasteiger partial charge in [0.1, 0.15) is 11.9 Å². The number of thiophene rings is 1. The number of aromatic nitrogens is 2. The quantitative estimate of drug-likeness (QED) is 0.509. The first-order valence-corrected chi connectivity index (χ1v) is 9.82. The van der Waals surface area contributed by atoms with E-state index < -0.39 is 16.9 Å². The Bertz CT molecular complexity index is 1110. The predicted molar refractivity (Wildman–Crippen MR) is 107 cm³/mol. The van der Waals surface area contributed by atoms with Crippen molar-refractivity contribution >= 4 is 28.6 Å². The van der Waals surface area contributed by atoms with Gasteiger partial charge in [0.2, 0.25) is 5.69 Å². The van der Waals surface area contributed by atoms with Crippen molar-refractivity contribution in [3.05, 3.63) is 74.2 Å². The summed E-state index contributed by atoms with van der Waals surface area (Å²) in [6.07, 6.45) is 1.62. The molecule has 3 aromatic rings. The number of aryl methyl sites for hydroxylation is 1. The number of para-hydroxylation sites is 1. The molecular formula is C19H17N5O4S. The van der Waals surface area contributed by atoms with E-state index in [1.807, 2.05) is 17.5 Å². The van der Waals surface area contributed by atoms with Crippen molar-refractivity contribution in [2.45, 2.75) is 25.9 Å². The molecule has 2 aromatic heterocycles. The van der Waals surface area contributed by atoms with Crippen molar-refractivity contribution in [1.29, 1.82) is 0 Å². The van der Waals surface area contributed by atoms with E-state index >= 15 is 0 Å². The number of nitrogens with zero attached hydrogens (tertiary/aromatic N) is 5. The van der Waals surface area contributed by atoms with Gasteiger partial charge < -0.3 is 5.11 Å². The summed E-state index contributed by atoms with van der Waals surface area (Å²) in [5, 5.41) is 33.4. The van der Waals surface area contributed by atoms with Gasteiger partial charge in [0.15, 0.2) is 0 Å². The van der Waals surface area contributed by atoms with Gasteiger partial charge in [-0.05, 0) is 24.4 Å². The number of carbonyl (C=O) groups excluding carboxylic acids is 1. The summed E-state index contributed by atoms with van der Waals surface area (Å²) >= 11 is 1.49. The smallest absolute Gasteiger partial charge is 0.320 e. The number of carbonyl (C=O) groups is 1. The molecule has 9 nitrogen and oxygen atoms in total. The van der Waals surface area contributed by atoms with Crippen LogP contribution in [0.2, 0.25) is 0 Å². The number of hydrazone groups is 1. The molecule has 0 fully saturated rings. The van der Waals surface area contributed by atoms with Gasteiger partial charge in [-0.3, -0.25) is 19.6 Å². The monoisotopic (exact) mass is 411 g/mol. The Morgan fingerprint density at radius 3 is 2.79 bits per heavy atom. The van der Waals surface area contributed by atoms with E-state index in [2.05, 4.69) is 10.2 Å². The van der Waals surface area contributed by atoms with Gasteiger partial charge in [0.05, 0.1) is 21.6 Å². The van der Waals surface area contributed by atoms with Crippen LogP contribution in [-0.2, 0) is 6.54 Å². The topological polar surface area (TPSA) is 114 Å². The van der Waals surface area contributed by atoms with Gasteiger partial charge in [0, 0.05) is 18.5 Å². The van der Waals surface area contributed by atoms with Crippen molar-refractivity contribution in [2.24, 2.45) is 5.10 Å². The van der Waals surface area contributed by atoms with E-state index in [0.717, 1.165) is 4.88 Å². The zero-order valence-electron chi connectivity index (χ0n) is 15.4. The van der Waals surface area contributed by atoms with E-state index in [4.69, 9.17) is 0 Å². The highest BCUT2D eigenvalue weighted by molar-refractivity contribution is 7.12. The summed E-state index contributed by atoms with van der Waals surface area (Å²) in [6, 6.07) is 9.89. The van der Waals surface area contributed by atoms with Crippen LogP contribution < -0.4 is 0 Å². The average molecular weight is 411 g/mol. The molecule has 1 aliphatic heterocycles. The lowest BCUT2D eigenvalue weighted by Crippen LogP contribution is -2.28. The first-order valence-electron chi connectivity index (χ1n) is 8.94. The highest BCUT2D eigenvalue weighted by atomic mass is 32.1. The number of nitro groups is 1. The molecule has 0 aliphatic carbocycles. The molecule has 1 amide bonds. The maximum absolute atomic E-state index is 13.3. The predicted octanol–water partition coefficient (Wildman–Crippen LogP) is 3.57. The fourth-order valence-electron chi connectivity index (χ4n) is 3.27. The molecule has 0 saturated carbocycles. The van der Waals surface area contributed by atoms with Crippen molar-refractivity contribution in [3.8, 4) is 5.75 Å². The first-order chi connectivity index (χ1) is 14.0. The molecule has 0 radical (unpaired) electrons. The van der Waals surface area contributed by atoms with Gasteiger partial charge in [-0.2, -0.15) is 10.2 Å². The van der Waals surface area contributed by atoms with E-state index in [-0.39, 0.29) is 17.1 Å². The molecule has 0 saturated heterocycles. The zero-order chi connectivity index (χ0) is 20.5. The third-order valence-electron chi connectivity index (χ3n) is 4.69. The van der Waals surface area contributed by atoms with E-state index in [1.54, 1.807) is 25.1 Å². The SMILES string of the molecule is CCn1cc([N+](=O)[O-])c(C(=O)N2N=C(c3cccs3)CC2c2ccccc2O)n1. The molecule has 1 atom stereocenters.